The number of fused-ring (bicyclic) bond motifs is 7. The molecule has 0 spiro atoms. The molecule has 0 radical (unpaired) electrons. The third kappa shape index (κ3) is 2.94. The average Bonchev–Trinajstić information content (AvgIpc) is 2.76. The van der Waals surface area contributed by atoms with E-state index in [0.717, 1.165) is 44.8 Å². The Bertz CT molecular complexity index is 970. The van der Waals surface area contributed by atoms with Crippen LogP contribution in [0.15, 0.2) is 11.6 Å². The van der Waals surface area contributed by atoms with Gasteiger partial charge in [-0.1, -0.05) is 53.2 Å². The Balaban J connectivity index is 1.63. The zero-order valence-electron chi connectivity index (χ0n) is 22.6. The van der Waals surface area contributed by atoms with Crippen LogP contribution in [0.4, 0.5) is 0 Å². The first-order valence-corrected chi connectivity index (χ1v) is 13.9. The normalized spacial score (nSPS) is 54.9. The van der Waals surface area contributed by atoms with Gasteiger partial charge >= 0.3 is 5.97 Å². The fraction of sp³-hybridized carbons (Fsp3) is 0.867. The molecule has 5 rings (SSSR count). The summed E-state index contributed by atoms with van der Waals surface area (Å²) < 4.78 is 0. The van der Waals surface area contributed by atoms with Gasteiger partial charge in [0.25, 0.3) is 0 Å². The summed E-state index contributed by atoms with van der Waals surface area (Å²) >= 11 is 0. The summed E-state index contributed by atoms with van der Waals surface area (Å²) in [4.78, 5) is 25.1. The van der Waals surface area contributed by atoms with Crippen LogP contribution in [-0.2, 0) is 9.59 Å². The van der Waals surface area contributed by atoms with Crippen LogP contribution in [0.5, 0.6) is 0 Å². The highest BCUT2D eigenvalue weighted by atomic mass is 16.4. The summed E-state index contributed by atoms with van der Waals surface area (Å²) in [5.41, 5.74) is -0.934. The Labute approximate surface area is 210 Å². The second-order valence-corrected chi connectivity index (χ2v) is 14.8. The lowest BCUT2D eigenvalue weighted by Crippen LogP contribution is -2.67. The highest BCUT2D eigenvalue weighted by Crippen LogP contribution is 2.75. The van der Waals surface area contributed by atoms with E-state index >= 15 is 0 Å². The van der Waals surface area contributed by atoms with Gasteiger partial charge in [0.15, 0.2) is 0 Å². The SMILES string of the molecule is CC1(C)CC[C@]2(C(=O)O)C(O)C[C@]3(C)C(=CCC4[C@@]5(C)CCC(O)[C@@](C)(C=O)C5CC[C@]43C)C2C1. The van der Waals surface area contributed by atoms with E-state index in [4.69, 9.17) is 0 Å². The molecule has 10 atom stereocenters. The molecular formula is C30H46O5. The molecule has 0 bridgehead atoms. The first-order chi connectivity index (χ1) is 16.1. The molecule has 196 valence electrons. The summed E-state index contributed by atoms with van der Waals surface area (Å²) in [6.45, 7) is 13.5. The maximum Gasteiger partial charge on any atom is 0.312 e. The number of hydrogen-bond acceptors (Lipinski definition) is 4. The quantitative estimate of drug-likeness (QED) is 0.360. The first-order valence-electron chi connectivity index (χ1n) is 13.9. The highest BCUT2D eigenvalue weighted by Gasteiger charge is 2.71. The van der Waals surface area contributed by atoms with E-state index in [1.54, 1.807) is 0 Å². The standard InChI is InChI=1S/C30H46O5/c1-25(2)13-14-30(24(34)35)19(15-25)18-7-8-21-26(3)11-10-22(32)27(4,17-31)20(26)9-12-28(21,5)29(18,6)16-23(30)33/h7,17,19-23,32-33H,8-16H2,1-6H3,(H,34,35)/t19?,20?,21?,22?,23?,26-,27-,28+,29+,30+/m0/s1. The number of aliphatic carboxylic acids is 1. The molecule has 35 heavy (non-hydrogen) atoms. The average molecular weight is 487 g/mol. The van der Waals surface area contributed by atoms with Gasteiger partial charge in [0, 0.05) is 0 Å². The lowest BCUT2D eigenvalue weighted by molar-refractivity contribution is -0.217. The zero-order chi connectivity index (χ0) is 25.8. The van der Waals surface area contributed by atoms with Crippen LogP contribution >= 0.6 is 0 Å². The van der Waals surface area contributed by atoms with Crippen LogP contribution in [0, 0.1) is 50.2 Å². The summed E-state index contributed by atoms with van der Waals surface area (Å²) in [6, 6.07) is 0. The summed E-state index contributed by atoms with van der Waals surface area (Å²) in [5, 5.41) is 33.0. The molecule has 3 N–H and O–H groups in total. The molecule has 0 aliphatic heterocycles. The van der Waals surface area contributed by atoms with Crippen molar-refractivity contribution in [2.75, 3.05) is 0 Å². The number of aliphatic hydroxyl groups is 2. The minimum atomic E-state index is -1.09. The molecular weight excluding hydrogens is 440 g/mol. The summed E-state index contributed by atoms with van der Waals surface area (Å²) in [6.07, 6.45) is 8.83. The van der Waals surface area contributed by atoms with Crippen molar-refractivity contribution < 1.29 is 24.9 Å². The molecule has 4 saturated carbocycles. The molecule has 0 aromatic rings. The zero-order valence-corrected chi connectivity index (χ0v) is 22.6. The van der Waals surface area contributed by atoms with E-state index in [2.05, 4.69) is 40.7 Å². The topological polar surface area (TPSA) is 94.8 Å². The van der Waals surface area contributed by atoms with Gasteiger partial charge in [-0.25, -0.2) is 0 Å². The molecule has 0 saturated heterocycles. The van der Waals surface area contributed by atoms with Gasteiger partial charge < -0.3 is 20.1 Å². The minimum absolute atomic E-state index is 0.0507. The smallest absolute Gasteiger partial charge is 0.312 e. The van der Waals surface area contributed by atoms with Crippen molar-refractivity contribution in [1.29, 1.82) is 0 Å². The number of carboxylic acids is 1. The molecule has 5 aliphatic rings. The van der Waals surface area contributed by atoms with Crippen LogP contribution in [0.25, 0.3) is 0 Å². The number of aliphatic hydroxyl groups excluding tert-OH is 2. The van der Waals surface area contributed by atoms with Gasteiger partial charge in [-0.2, -0.15) is 0 Å². The van der Waals surface area contributed by atoms with Crippen molar-refractivity contribution in [3.8, 4) is 0 Å². The van der Waals surface area contributed by atoms with Crippen LogP contribution in [0.3, 0.4) is 0 Å². The van der Waals surface area contributed by atoms with Gasteiger partial charge in [0.2, 0.25) is 0 Å². The molecule has 0 heterocycles. The minimum Gasteiger partial charge on any atom is -0.481 e. The van der Waals surface area contributed by atoms with Gasteiger partial charge in [-0.15, -0.1) is 0 Å². The Hall–Kier alpha value is -1.20. The second-order valence-electron chi connectivity index (χ2n) is 14.8. The van der Waals surface area contributed by atoms with Crippen LogP contribution in [-0.4, -0.2) is 39.8 Å². The predicted octanol–water partition coefficient (Wildman–Crippen LogP) is 5.38. The summed E-state index contributed by atoms with van der Waals surface area (Å²) in [7, 11) is 0. The number of carboxylic acid groups (broad SMARTS) is 1. The van der Waals surface area contributed by atoms with Gasteiger partial charge in [0.1, 0.15) is 11.7 Å². The second kappa shape index (κ2) is 7.43. The fourth-order valence-corrected chi connectivity index (χ4v) is 10.6. The van der Waals surface area contributed by atoms with Crippen molar-refractivity contribution in [3.05, 3.63) is 11.6 Å². The third-order valence-corrected chi connectivity index (χ3v) is 13.0. The number of carbonyl (C=O) groups excluding carboxylic acids is 1. The summed E-state index contributed by atoms with van der Waals surface area (Å²) in [5.74, 6) is -0.517. The van der Waals surface area contributed by atoms with Crippen LogP contribution < -0.4 is 0 Å². The van der Waals surface area contributed by atoms with E-state index < -0.39 is 29.0 Å². The van der Waals surface area contributed by atoms with Gasteiger partial charge in [-0.3, -0.25) is 4.79 Å². The number of allylic oxidation sites excluding steroid dienone is 2. The number of aldehydes is 1. The van der Waals surface area contributed by atoms with Crippen molar-refractivity contribution in [3.63, 3.8) is 0 Å². The van der Waals surface area contributed by atoms with Crippen LogP contribution in [0.1, 0.15) is 99.3 Å². The lowest BCUT2D eigenvalue weighted by atomic mass is 9.33. The maximum atomic E-state index is 12.8. The predicted molar refractivity (Wildman–Crippen MR) is 134 cm³/mol. The Morgan fingerprint density at radius 1 is 0.914 bits per heavy atom. The fourth-order valence-electron chi connectivity index (χ4n) is 10.6. The monoisotopic (exact) mass is 486 g/mol. The molecule has 5 heteroatoms. The molecule has 5 nitrogen and oxygen atoms in total. The van der Waals surface area contributed by atoms with E-state index in [0.29, 0.717) is 25.2 Å². The van der Waals surface area contributed by atoms with Gasteiger partial charge in [-0.05, 0) is 97.2 Å². The largest absolute Gasteiger partial charge is 0.481 e. The molecule has 0 aromatic carbocycles. The Morgan fingerprint density at radius 2 is 1.60 bits per heavy atom. The molecule has 4 fully saturated rings. The lowest BCUT2D eigenvalue weighted by Gasteiger charge is -2.71. The van der Waals surface area contributed by atoms with E-state index in [1.165, 1.54) is 5.57 Å². The van der Waals surface area contributed by atoms with E-state index in [-0.39, 0.29) is 33.5 Å². The third-order valence-electron chi connectivity index (χ3n) is 13.0. The maximum absolute atomic E-state index is 12.8. The molecule has 0 aromatic heterocycles. The number of carbonyl (C=O) groups is 2. The van der Waals surface area contributed by atoms with Crippen molar-refractivity contribution in [1.82, 2.24) is 0 Å². The first kappa shape index (κ1) is 25.4. The van der Waals surface area contributed by atoms with Gasteiger partial charge in [0.05, 0.1) is 17.6 Å². The number of rotatable bonds is 2. The molecule has 5 unspecified atom stereocenters. The van der Waals surface area contributed by atoms with E-state index in [9.17, 15) is 24.9 Å². The Morgan fingerprint density at radius 3 is 2.23 bits per heavy atom. The molecule has 0 amide bonds. The van der Waals surface area contributed by atoms with Crippen molar-refractivity contribution in [2.24, 2.45) is 50.2 Å². The van der Waals surface area contributed by atoms with Crippen molar-refractivity contribution >= 4 is 12.3 Å². The molecule has 5 aliphatic carbocycles. The highest BCUT2D eigenvalue weighted by molar-refractivity contribution is 5.77. The number of hydrogen-bond donors (Lipinski definition) is 3. The van der Waals surface area contributed by atoms with E-state index in [1.807, 2.05) is 6.92 Å². The Kier molecular flexibility index (Phi) is 5.40. The van der Waals surface area contributed by atoms with Crippen molar-refractivity contribution in [2.45, 2.75) is 112 Å². The van der Waals surface area contributed by atoms with Crippen LogP contribution in [0.2, 0.25) is 0 Å².